The van der Waals surface area contributed by atoms with Crippen LogP contribution >= 0.6 is 0 Å². The molecule has 0 saturated carbocycles. The Labute approximate surface area is 131 Å². The van der Waals surface area contributed by atoms with Crippen LogP contribution in [-0.4, -0.2) is 18.9 Å². The van der Waals surface area contributed by atoms with Crippen LogP contribution in [0.25, 0.3) is 0 Å². The van der Waals surface area contributed by atoms with Crippen molar-refractivity contribution in [3.05, 3.63) is 59.2 Å². The maximum atomic E-state index is 12.7. The van der Waals surface area contributed by atoms with Gasteiger partial charge in [-0.25, -0.2) is 0 Å². The summed E-state index contributed by atoms with van der Waals surface area (Å²) in [6.07, 6.45) is 3.41. The molecule has 0 fully saturated rings. The lowest BCUT2D eigenvalue weighted by atomic mass is 9.96. The third-order valence-electron chi connectivity index (χ3n) is 4.20. The fourth-order valence-electron chi connectivity index (χ4n) is 3.14. The van der Waals surface area contributed by atoms with E-state index in [1.807, 2.05) is 18.2 Å². The van der Waals surface area contributed by atoms with Crippen LogP contribution in [0.5, 0.6) is 0 Å². The monoisotopic (exact) mass is 294 g/mol. The molecule has 22 heavy (non-hydrogen) atoms. The summed E-state index contributed by atoms with van der Waals surface area (Å²) in [6.45, 7) is 4.32. The van der Waals surface area contributed by atoms with E-state index in [0.717, 1.165) is 31.5 Å². The SMILES string of the molecule is CCCN1CCCc2ccc(C(=O)c3cccc(N)c3)cc21. The summed E-state index contributed by atoms with van der Waals surface area (Å²) in [5.41, 5.74) is 10.4. The molecule has 0 unspecified atom stereocenters. The van der Waals surface area contributed by atoms with Gasteiger partial charge in [0.1, 0.15) is 0 Å². The molecule has 2 aromatic rings. The Kier molecular flexibility index (Phi) is 4.14. The maximum absolute atomic E-state index is 12.7. The molecule has 3 heteroatoms. The maximum Gasteiger partial charge on any atom is 0.193 e. The van der Waals surface area contributed by atoms with Gasteiger partial charge in [0.15, 0.2) is 5.78 Å². The second-order valence-corrected chi connectivity index (χ2v) is 5.89. The van der Waals surface area contributed by atoms with E-state index in [1.165, 1.54) is 17.7 Å². The minimum Gasteiger partial charge on any atom is -0.399 e. The van der Waals surface area contributed by atoms with Crippen LogP contribution in [0.4, 0.5) is 11.4 Å². The number of nitrogens with two attached hydrogens (primary N) is 1. The Hall–Kier alpha value is -2.29. The topological polar surface area (TPSA) is 46.3 Å². The molecule has 0 aromatic heterocycles. The number of benzene rings is 2. The van der Waals surface area contributed by atoms with Gasteiger partial charge in [0.05, 0.1) is 0 Å². The average molecular weight is 294 g/mol. The Bertz CT molecular complexity index is 694. The molecule has 3 rings (SSSR count). The molecule has 3 nitrogen and oxygen atoms in total. The lowest BCUT2D eigenvalue weighted by Gasteiger charge is -2.31. The molecule has 0 amide bonds. The van der Waals surface area contributed by atoms with Crippen LogP contribution in [0.1, 0.15) is 41.3 Å². The minimum atomic E-state index is 0.0390. The number of ketones is 1. The average Bonchev–Trinajstić information content (AvgIpc) is 2.54. The summed E-state index contributed by atoms with van der Waals surface area (Å²) in [7, 11) is 0. The van der Waals surface area contributed by atoms with E-state index in [1.54, 1.807) is 12.1 Å². The number of hydrogen-bond acceptors (Lipinski definition) is 3. The first kappa shape index (κ1) is 14.6. The van der Waals surface area contributed by atoms with Crippen LogP contribution in [0.15, 0.2) is 42.5 Å². The first-order chi connectivity index (χ1) is 10.7. The quantitative estimate of drug-likeness (QED) is 0.691. The third-order valence-corrected chi connectivity index (χ3v) is 4.20. The standard InChI is InChI=1S/C19H22N2O/c1-2-10-21-11-4-6-14-8-9-16(13-18(14)21)19(22)15-5-3-7-17(20)12-15/h3,5,7-9,12-13H,2,4,6,10-11,20H2,1H3. The molecule has 2 N–H and O–H groups in total. The fraction of sp³-hybridized carbons (Fsp3) is 0.316. The predicted octanol–water partition coefficient (Wildman–Crippen LogP) is 3.66. The second kappa shape index (κ2) is 6.22. The molecule has 0 radical (unpaired) electrons. The highest BCUT2D eigenvalue weighted by Crippen LogP contribution is 2.29. The van der Waals surface area contributed by atoms with Gasteiger partial charge in [0.25, 0.3) is 0 Å². The first-order valence-electron chi connectivity index (χ1n) is 7.97. The molecule has 0 atom stereocenters. The Balaban J connectivity index is 1.95. The molecule has 1 aliphatic heterocycles. The van der Waals surface area contributed by atoms with E-state index in [9.17, 15) is 4.79 Å². The highest BCUT2D eigenvalue weighted by atomic mass is 16.1. The number of aryl methyl sites for hydroxylation is 1. The van der Waals surface area contributed by atoms with E-state index < -0.39 is 0 Å². The number of carbonyl (C=O) groups excluding carboxylic acids is 1. The minimum absolute atomic E-state index is 0.0390. The van der Waals surface area contributed by atoms with Gasteiger partial charge in [0, 0.05) is 35.6 Å². The summed E-state index contributed by atoms with van der Waals surface area (Å²) < 4.78 is 0. The molecular formula is C19H22N2O. The van der Waals surface area contributed by atoms with Crippen LogP contribution in [0.3, 0.4) is 0 Å². The van der Waals surface area contributed by atoms with E-state index in [0.29, 0.717) is 11.3 Å². The summed E-state index contributed by atoms with van der Waals surface area (Å²) in [5, 5.41) is 0. The van der Waals surface area contributed by atoms with Gasteiger partial charge in [-0.15, -0.1) is 0 Å². The molecule has 0 saturated heterocycles. The zero-order valence-corrected chi connectivity index (χ0v) is 13.0. The Morgan fingerprint density at radius 1 is 1.18 bits per heavy atom. The number of hydrogen-bond donors (Lipinski definition) is 1. The van der Waals surface area contributed by atoms with Crippen molar-refractivity contribution in [3.63, 3.8) is 0 Å². The van der Waals surface area contributed by atoms with Crippen LogP contribution in [0.2, 0.25) is 0 Å². The van der Waals surface area contributed by atoms with Gasteiger partial charge >= 0.3 is 0 Å². The fourth-order valence-corrected chi connectivity index (χ4v) is 3.14. The van der Waals surface area contributed by atoms with Crippen molar-refractivity contribution in [2.45, 2.75) is 26.2 Å². The van der Waals surface area contributed by atoms with Gasteiger partial charge < -0.3 is 10.6 Å². The van der Waals surface area contributed by atoms with Crippen LogP contribution < -0.4 is 10.6 Å². The van der Waals surface area contributed by atoms with E-state index in [-0.39, 0.29) is 5.78 Å². The summed E-state index contributed by atoms with van der Waals surface area (Å²) in [5.74, 6) is 0.0390. The Morgan fingerprint density at radius 2 is 2.00 bits per heavy atom. The largest absolute Gasteiger partial charge is 0.399 e. The zero-order chi connectivity index (χ0) is 15.5. The number of nitrogen functional groups attached to an aromatic ring is 1. The lowest BCUT2D eigenvalue weighted by molar-refractivity contribution is 0.103. The van der Waals surface area contributed by atoms with E-state index >= 15 is 0 Å². The summed E-state index contributed by atoms with van der Waals surface area (Å²) in [6, 6.07) is 13.3. The molecule has 1 aliphatic rings. The molecule has 0 aliphatic carbocycles. The third kappa shape index (κ3) is 2.84. The highest BCUT2D eigenvalue weighted by molar-refractivity contribution is 6.10. The van der Waals surface area contributed by atoms with Gasteiger partial charge in [-0.05, 0) is 43.0 Å². The number of carbonyl (C=O) groups is 1. The second-order valence-electron chi connectivity index (χ2n) is 5.89. The van der Waals surface area contributed by atoms with Gasteiger partial charge in [-0.1, -0.05) is 31.2 Å². The van der Waals surface area contributed by atoms with Gasteiger partial charge in [0.2, 0.25) is 0 Å². The van der Waals surface area contributed by atoms with Crippen molar-refractivity contribution >= 4 is 17.2 Å². The molecule has 0 spiro atoms. The van der Waals surface area contributed by atoms with E-state index in [4.69, 9.17) is 5.73 Å². The molecule has 1 heterocycles. The van der Waals surface area contributed by atoms with Gasteiger partial charge in [-0.2, -0.15) is 0 Å². The smallest absolute Gasteiger partial charge is 0.193 e. The van der Waals surface area contributed by atoms with Crippen molar-refractivity contribution < 1.29 is 4.79 Å². The van der Waals surface area contributed by atoms with Crippen LogP contribution in [0, 0.1) is 0 Å². The normalized spacial score (nSPS) is 13.8. The predicted molar refractivity (Wildman–Crippen MR) is 91.6 cm³/mol. The summed E-state index contributed by atoms with van der Waals surface area (Å²) >= 11 is 0. The van der Waals surface area contributed by atoms with E-state index in [2.05, 4.69) is 24.0 Å². The van der Waals surface area contributed by atoms with Crippen molar-refractivity contribution in [2.75, 3.05) is 23.7 Å². The molecule has 114 valence electrons. The molecule has 0 bridgehead atoms. The van der Waals surface area contributed by atoms with Gasteiger partial charge in [-0.3, -0.25) is 4.79 Å². The van der Waals surface area contributed by atoms with Crippen molar-refractivity contribution in [1.29, 1.82) is 0 Å². The Morgan fingerprint density at radius 3 is 2.77 bits per heavy atom. The highest BCUT2D eigenvalue weighted by Gasteiger charge is 2.18. The van der Waals surface area contributed by atoms with Crippen molar-refractivity contribution in [2.24, 2.45) is 0 Å². The summed E-state index contributed by atoms with van der Waals surface area (Å²) in [4.78, 5) is 15.1. The number of rotatable bonds is 4. The van der Waals surface area contributed by atoms with Crippen molar-refractivity contribution in [1.82, 2.24) is 0 Å². The molecule has 2 aromatic carbocycles. The number of fused-ring (bicyclic) bond motifs is 1. The van der Waals surface area contributed by atoms with Crippen LogP contribution in [-0.2, 0) is 6.42 Å². The molecular weight excluding hydrogens is 272 g/mol. The zero-order valence-electron chi connectivity index (χ0n) is 13.0. The first-order valence-corrected chi connectivity index (χ1v) is 7.97. The van der Waals surface area contributed by atoms with Crippen molar-refractivity contribution in [3.8, 4) is 0 Å². The number of anilines is 2. The lowest BCUT2D eigenvalue weighted by Crippen LogP contribution is -2.30. The number of nitrogens with zero attached hydrogens (tertiary/aromatic N) is 1.